The van der Waals surface area contributed by atoms with Crippen molar-refractivity contribution in [3.05, 3.63) is 64.6 Å². The van der Waals surface area contributed by atoms with Crippen molar-refractivity contribution in [3.63, 3.8) is 0 Å². The number of ether oxygens (including phenoxy) is 1. The number of carbonyl (C=O) groups is 1. The molecule has 210 valence electrons. The van der Waals surface area contributed by atoms with Crippen molar-refractivity contribution in [3.8, 4) is 5.75 Å². The summed E-state index contributed by atoms with van der Waals surface area (Å²) >= 11 is 6.36. The van der Waals surface area contributed by atoms with Gasteiger partial charge in [0, 0.05) is 48.1 Å². The molecule has 1 aromatic heterocycles. The molecule has 1 aliphatic rings. The van der Waals surface area contributed by atoms with E-state index in [1.165, 1.54) is 13.3 Å². The van der Waals surface area contributed by atoms with Gasteiger partial charge in [-0.1, -0.05) is 11.6 Å². The fourth-order valence-electron chi connectivity index (χ4n) is 5.29. The maximum atomic E-state index is 15.7. The van der Waals surface area contributed by atoms with E-state index in [2.05, 4.69) is 15.2 Å². The van der Waals surface area contributed by atoms with Crippen LogP contribution in [0.25, 0.3) is 10.9 Å². The van der Waals surface area contributed by atoms with Crippen LogP contribution < -0.4 is 10.1 Å². The van der Waals surface area contributed by atoms with Crippen LogP contribution in [0.3, 0.4) is 0 Å². The van der Waals surface area contributed by atoms with Crippen LogP contribution in [0.4, 0.5) is 23.2 Å². The zero-order chi connectivity index (χ0) is 28.2. The number of pyridine rings is 1. The van der Waals surface area contributed by atoms with Crippen molar-refractivity contribution in [2.75, 3.05) is 38.6 Å². The molecule has 0 amide bonds. The van der Waals surface area contributed by atoms with Gasteiger partial charge in [0.25, 0.3) is 0 Å². The van der Waals surface area contributed by atoms with Gasteiger partial charge in [0.2, 0.25) is 0 Å². The molecule has 2 aromatic carbocycles. The summed E-state index contributed by atoms with van der Waals surface area (Å²) in [5.74, 6) is -4.42. The Kier molecular flexibility index (Phi) is 9.17. The maximum absolute atomic E-state index is 15.7. The molecule has 4 rings (SSSR count). The summed E-state index contributed by atoms with van der Waals surface area (Å²) < 4.78 is 61.0. The molecule has 1 atom stereocenters. The summed E-state index contributed by atoms with van der Waals surface area (Å²) in [5.41, 5.74) is 0.475. The lowest BCUT2D eigenvalue weighted by atomic mass is 9.71. The van der Waals surface area contributed by atoms with Gasteiger partial charge in [-0.3, -0.25) is 9.78 Å². The Labute approximate surface area is 228 Å². The second-order valence-electron chi connectivity index (χ2n) is 10.0. The summed E-state index contributed by atoms with van der Waals surface area (Å²) in [4.78, 5) is 18.1. The number of carboxylic acid groups (broad SMARTS) is 1. The first-order valence-electron chi connectivity index (χ1n) is 12.7. The van der Waals surface area contributed by atoms with E-state index in [1.807, 2.05) is 0 Å². The fourth-order valence-corrected chi connectivity index (χ4v) is 5.56. The van der Waals surface area contributed by atoms with E-state index in [0.29, 0.717) is 67.7 Å². The van der Waals surface area contributed by atoms with Gasteiger partial charge in [0.15, 0.2) is 17.5 Å². The van der Waals surface area contributed by atoms with Gasteiger partial charge in [-0.15, -0.1) is 0 Å². The predicted molar refractivity (Wildman–Crippen MR) is 142 cm³/mol. The molecule has 0 bridgehead atoms. The number of hydrogen-bond donors (Lipinski definition) is 2. The van der Waals surface area contributed by atoms with Crippen LogP contribution in [0.2, 0.25) is 5.02 Å². The summed E-state index contributed by atoms with van der Waals surface area (Å²) in [6, 6.07) is 6.97. The van der Waals surface area contributed by atoms with E-state index in [9.17, 15) is 23.1 Å². The molecule has 6 nitrogen and oxygen atoms in total. The van der Waals surface area contributed by atoms with Crippen LogP contribution >= 0.6 is 11.6 Å². The van der Waals surface area contributed by atoms with Gasteiger partial charge in [0.1, 0.15) is 11.9 Å². The number of methoxy groups -OCH3 is 1. The van der Waals surface area contributed by atoms with Crippen molar-refractivity contribution in [1.82, 2.24) is 9.88 Å². The number of alkyl halides is 1. The summed E-state index contributed by atoms with van der Waals surface area (Å²) in [6.45, 7) is 2.08. The van der Waals surface area contributed by atoms with Crippen molar-refractivity contribution < 1.29 is 32.2 Å². The lowest BCUT2D eigenvalue weighted by molar-refractivity contribution is -0.141. The predicted octanol–water partition coefficient (Wildman–Crippen LogP) is 6.77. The van der Waals surface area contributed by atoms with Crippen LogP contribution in [0.1, 0.15) is 43.8 Å². The van der Waals surface area contributed by atoms with Crippen LogP contribution in [0.15, 0.2) is 36.5 Å². The average molecular weight is 568 g/mol. The molecule has 1 fully saturated rings. The first-order valence-corrected chi connectivity index (χ1v) is 13.1. The van der Waals surface area contributed by atoms with E-state index in [1.54, 1.807) is 18.2 Å². The van der Waals surface area contributed by atoms with E-state index in [-0.39, 0.29) is 23.6 Å². The first-order chi connectivity index (χ1) is 18.6. The second kappa shape index (κ2) is 12.4. The number of piperidine rings is 1. The van der Waals surface area contributed by atoms with Gasteiger partial charge in [-0.2, -0.15) is 0 Å². The Bertz CT molecular complexity index is 1310. The molecule has 0 saturated carbocycles. The Morgan fingerprint density at radius 1 is 1.21 bits per heavy atom. The third-order valence-corrected chi connectivity index (χ3v) is 7.79. The number of likely N-dealkylation sites (tertiary alicyclic amines) is 1. The number of benzene rings is 2. The highest BCUT2D eigenvalue weighted by Crippen LogP contribution is 2.44. The minimum Gasteiger partial charge on any atom is -0.497 e. The van der Waals surface area contributed by atoms with Crippen LogP contribution in [-0.2, 0) is 4.79 Å². The molecular weight excluding hydrogens is 538 g/mol. The largest absolute Gasteiger partial charge is 0.497 e. The second-order valence-corrected chi connectivity index (χ2v) is 10.4. The number of anilines is 1. The van der Waals surface area contributed by atoms with Gasteiger partial charge in [-0.25, -0.2) is 17.6 Å². The van der Waals surface area contributed by atoms with Gasteiger partial charge in [0.05, 0.1) is 24.1 Å². The van der Waals surface area contributed by atoms with Crippen LogP contribution in [-0.4, -0.2) is 54.2 Å². The summed E-state index contributed by atoms with van der Waals surface area (Å²) in [5, 5.41) is 13.3. The molecule has 1 saturated heterocycles. The number of aliphatic carboxylic acids is 1. The molecule has 0 aliphatic carbocycles. The molecule has 2 N–H and O–H groups in total. The average Bonchev–Trinajstić information content (AvgIpc) is 2.90. The number of halogens is 5. The summed E-state index contributed by atoms with van der Waals surface area (Å²) in [6.07, 6.45) is 1.52. The third kappa shape index (κ3) is 6.91. The van der Waals surface area contributed by atoms with E-state index in [0.717, 1.165) is 12.1 Å². The number of rotatable bonds is 11. The smallest absolute Gasteiger partial charge is 0.303 e. The SMILES string of the molecule is COc1ccc2ncc(Cl)c([C@H](F)CCC3(CC(=O)O)CCN(CCNc4cc(F)c(F)c(F)c4)CC3)c2c1. The number of aromatic nitrogens is 1. The number of fused-ring (bicyclic) bond motifs is 1. The van der Waals surface area contributed by atoms with Crippen LogP contribution in [0, 0.1) is 22.9 Å². The van der Waals surface area contributed by atoms with Gasteiger partial charge < -0.3 is 20.1 Å². The normalized spacial score (nSPS) is 16.3. The third-order valence-electron chi connectivity index (χ3n) is 7.49. The van der Waals surface area contributed by atoms with E-state index < -0.39 is 35.0 Å². The maximum Gasteiger partial charge on any atom is 0.303 e. The molecule has 39 heavy (non-hydrogen) atoms. The molecular formula is C28H30ClF4N3O3. The topological polar surface area (TPSA) is 74.7 Å². The molecule has 0 spiro atoms. The lowest BCUT2D eigenvalue weighted by Crippen LogP contribution is -2.43. The zero-order valence-corrected chi connectivity index (χ0v) is 22.2. The molecule has 2 heterocycles. The zero-order valence-electron chi connectivity index (χ0n) is 21.5. The van der Waals surface area contributed by atoms with Gasteiger partial charge in [-0.05, 0) is 62.4 Å². The number of hydrogen-bond acceptors (Lipinski definition) is 5. The monoisotopic (exact) mass is 567 g/mol. The molecule has 1 aliphatic heterocycles. The fraction of sp³-hybridized carbons (Fsp3) is 0.429. The lowest BCUT2D eigenvalue weighted by Gasteiger charge is -2.41. The van der Waals surface area contributed by atoms with Crippen LogP contribution in [0.5, 0.6) is 5.75 Å². The Balaban J connectivity index is 1.38. The highest BCUT2D eigenvalue weighted by atomic mass is 35.5. The molecule has 0 unspecified atom stereocenters. The Hall–Kier alpha value is -3.11. The Morgan fingerprint density at radius 3 is 2.54 bits per heavy atom. The quantitative estimate of drug-likeness (QED) is 0.197. The minimum absolute atomic E-state index is 0.0708. The van der Waals surface area contributed by atoms with Crippen molar-refractivity contribution in [1.29, 1.82) is 0 Å². The Morgan fingerprint density at radius 2 is 1.90 bits per heavy atom. The molecule has 11 heteroatoms. The molecule has 3 aromatic rings. The van der Waals surface area contributed by atoms with Crippen molar-refractivity contribution in [2.45, 2.75) is 38.3 Å². The number of carboxylic acids is 1. The highest BCUT2D eigenvalue weighted by molar-refractivity contribution is 6.32. The van der Waals surface area contributed by atoms with Crippen molar-refractivity contribution in [2.24, 2.45) is 5.41 Å². The van der Waals surface area contributed by atoms with Gasteiger partial charge >= 0.3 is 5.97 Å². The first kappa shape index (κ1) is 28.9. The molecule has 0 radical (unpaired) electrons. The highest BCUT2D eigenvalue weighted by Gasteiger charge is 2.37. The minimum atomic E-state index is -1.51. The standard InChI is InChI=1S/C28H30ClF4N3O3/c1-39-18-2-3-24-19(14-18)26(20(29)16-35-24)21(30)4-5-28(15-25(37)38)6-9-36(10-7-28)11-8-34-17-12-22(31)27(33)23(32)13-17/h2-3,12-14,16,21,34H,4-11,15H2,1H3,(H,37,38)/t21-/m1/s1. The van der Waals surface area contributed by atoms with Crippen molar-refractivity contribution >= 4 is 34.2 Å². The summed E-state index contributed by atoms with van der Waals surface area (Å²) in [7, 11) is 1.52. The van der Waals surface area contributed by atoms with E-state index >= 15 is 4.39 Å². The number of nitrogens with zero attached hydrogens (tertiary/aromatic N) is 2. The van der Waals surface area contributed by atoms with E-state index in [4.69, 9.17) is 16.3 Å². The number of nitrogens with one attached hydrogen (secondary N) is 1.